The van der Waals surface area contributed by atoms with Crippen molar-refractivity contribution >= 4 is 23.4 Å². The molecule has 0 heterocycles. The number of carbonyl (C=O) groups excluding carboxylic acids is 2. The average molecular weight is 405 g/mol. The molecular formula is C22H26ClFN2O2. The Hall–Kier alpha value is -2.40. The Kier molecular flexibility index (Phi) is 8.45. The van der Waals surface area contributed by atoms with Gasteiger partial charge in [0.25, 0.3) is 0 Å². The Morgan fingerprint density at radius 1 is 1.11 bits per heavy atom. The van der Waals surface area contributed by atoms with E-state index in [1.165, 1.54) is 12.1 Å². The van der Waals surface area contributed by atoms with Gasteiger partial charge in [0, 0.05) is 18.1 Å². The maximum Gasteiger partial charge on any atom is 0.242 e. The highest BCUT2D eigenvalue weighted by atomic mass is 35.5. The van der Waals surface area contributed by atoms with Crippen molar-refractivity contribution in [3.63, 3.8) is 0 Å². The number of nitrogens with one attached hydrogen (secondary N) is 1. The number of carbonyl (C=O) groups is 2. The zero-order chi connectivity index (χ0) is 20.5. The van der Waals surface area contributed by atoms with Gasteiger partial charge in [-0.25, -0.2) is 4.39 Å². The lowest BCUT2D eigenvalue weighted by Gasteiger charge is -2.30. The van der Waals surface area contributed by atoms with Crippen LogP contribution in [0, 0.1) is 5.82 Å². The summed E-state index contributed by atoms with van der Waals surface area (Å²) >= 11 is 6.03. The smallest absolute Gasteiger partial charge is 0.242 e. The molecule has 0 spiro atoms. The fraction of sp³-hybridized carbons (Fsp3) is 0.364. The van der Waals surface area contributed by atoms with Gasteiger partial charge in [-0.2, -0.15) is 0 Å². The number of rotatable bonds is 9. The molecule has 1 atom stereocenters. The highest BCUT2D eigenvalue weighted by Crippen LogP contribution is 2.17. The molecule has 0 radical (unpaired) electrons. The molecule has 28 heavy (non-hydrogen) atoms. The fourth-order valence-electron chi connectivity index (χ4n) is 3.00. The van der Waals surface area contributed by atoms with E-state index in [9.17, 15) is 14.0 Å². The van der Waals surface area contributed by atoms with E-state index in [1.807, 2.05) is 19.9 Å². The van der Waals surface area contributed by atoms with Crippen molar-refractivity contribution in [3.8, 4) is 0 Å². The van der Waals surface area contributed by atoms with Crippen molar-refractivity contribution in [2.45, 2.75) is 45.7 Å². The number of amides is 2. The molecule has 150 valence electrons. The van der Waals surface area contributed by atoms with Crippen molar-refractivity contribution in [2.24, 2.45) is 0 Å². The molecule has 1 N–H and O–H groups in total. The monoisotopic (exact) mass is 404 g/mol. The number of hydrogen-bond donors (Lipinski definition) is 1. The first-order chi connectivity index (χ1) is 13.4. The zero-order valence-electron chi connectivity index (χ0n) is 16.3. The summed E-state index contributed by atoms with van der Waals surface area (Å²) in [5.41, 5.74) is 1.55. The molecule has 0 aromatic heterocycles. The summed E-state index contributed by atoms with van der Waals surface area (Å²) in [6.07, 6.45) is 1.44. The summed E-state index contributed by atoms with van der Waals surface area (Å²) in [6.45, 7) is 4.64. The minimum absolute atomic E-state index is 0.138. The Morgan fingerprint density at radius 3 is 2.43 bits per heavy atom. The fourth-order valence-corrected chi connectivity index (χ4v) is 3.21. The summed E-state index contributed by atoms with van der Waals surface area (Å²) in [7, 11) is 0. The maximum atomic E-state index is 13.2. The van der Waals surface area contributed by atoms with E-state index in [0.29, 0.717) is 18.0 Å². The zero-order valence-corrected chi connectivity index (χ0v) is 17.0. The number of halogens is 2. The second-order valence-corrected chi connectivity index (χ2v) is 7.11. The first-order valence-corrected chi connectivity index (χ1v) is 9.88. The van der Waals surface area contributed by atoms with Crippen LogP contribution in [0.2, 0.25) is 5.02 Å². The van der Waals surface area contributed by atoms with Crippen molar-refractivity contribution in [3.05, 3.63) is 70.5 Å². The van der Waals surface area contributed by atoms with E-state index < -0.39 is 6.04 Å². The van der Waals surface area contributed by atoms with Gasteiger partial charge >= 0.3 is 0 Å². The Balaban J connectivity index is 2.26. The average Bonchev–Trinajstić information content (AvgIpc) is 2.67. The molecule has 4 nitrogen and oxygen atoms in total. The van der Waals surface area contributed by atoms with E-state index in [4.69, 9.17) is 11.6 Å². The normalized spacial score (nSPS) is 11.7. The molecule has 2 rings (SSSR count). The van der Waals surface area contributed by atoms with E-state index in [0.717, 1.165) is 17.5 Å². The van der Waals surface area contributed by atoms with Gasteiger partial charge in [-0.15, -0.1) is 0 Å². The molecule has 0 aliphatic carbocycles. The highest BCUT2D eigenvalue weighted by molar-refractivity contribution is 6.30. The lowest BCUT2D eigenvalue weighted by Crippen LogP contribution is -2.49. The predicted molar refractivity (Wildman–Crippen MR) is 109 cm³/mol. The molecule has 1 unspecified atom stereocenters. The van der Waals surface area contributed by atoms with Crippen molar-refractivity contribution in [2.75, 3.05) is 6.54 Å². The largest absolute Gasteiger partial charge is 0.354 e. The van der Waals surface area contributed by atoms with E-state index in [2.05, 4.69) is 5.32 Å². The third-order valence-electron chi connectivity index (χ3n) is 4.45. The van der Waals surface area contributed by atoms with Crippen LogP contribution in [0.5, 0.6) is 0 Å². The van der Waals surface area contributed by atoms with Gasteiger partial charge in [0.2, 0.25) is 11.8 Å². The van der Waals surface area contributed by atoms with Gasteiger partial charge in [0.05, 0.1) is 6.42 Å². The van der Waals surface area contributed by atoms with Gasteiger partial charge in [-0.05, 0) is 48.2 Å². The van der Waals surface area contributed by atoms with Crippen molar-refractivity contribution in [1.82, 2.24) is 10.2 Å². The molecule has 2 aromatic rings. The van der Waals surface area contributed by atoms with Gasteiger partial charge in [-0.1, -0.05) is 49.7 Å². The summed E-state index contributed by atoms with van der Waals surface area (Å²) in [5.74, 6) is -0.690. The molecule has 0 bridgehead atoms. The second kappa shape index (κ2) is 10.8. The van der Waals surface area contributed by atoms with Crippen LogP contribution in [0.3, 0.4) is 0 Å². The molecule has 2 aromatic carbocycles. The second-order valence-electron chi connectivity index (χ2n) is 6.67. The maximum absolute atomic E-state index is 13.2. The molecule has 0 saturated carbocycles. The van der Waals surface area contributed by atoms with Crippen LogP contribution in [-0.4, -0.2) is 29.3 Å². The third-order valence-corrected chi connectivity index (χ3v) is 4.68. The van der Waals surface area contributed by atoms with E-state index in [-0.39, 0.29) is 30.6 Å². The first kappa shape index (κ1) is 21.9. The molecular weight excluding hydrogens is 379 g/mol. The Morgan fingerprint density at radius 2 is 1.82 bits per heavy atom. The van der Waals surface area contributed by atoms with Crippen LogP contribution in [0.1, 0.15) is 37.8 Å². The summed E-state index contributed by atoms with van der Waals surface area (Å²) in [6, 6.07) is 12.5. The molecule has 0 aliphatic heterocycles. The molecule has 6 heteroatoms. The Labute approximate surface area is 170 Å². The first-order valence-electron chi connectivity index (χ1n) is 9.50. The molecule has 0 fully saturated rings. The molecule has 0 saturated heterocycles. The quantitative estimate of drug-likeness (QED) is 0.675. The van der Waals surface area contributed by atoms with E-state index >= 15 is 0 Å². The molecule has 0 aliphatic rings. The minimum atomic E-state index is -0.594. The third kappa shape index (κ3) is 6.34. The van der Waals surface area contributed by atoms with Gasteiger partial charge in [-0.3, -0.25) is 9.59 Å². The minimum Gasteiger partial charge on any atom is -0.354 e. The lowest BCUT2D eigenvalue weighted by molar-refractivity contribution is -0.140. The summed E-state index contributed by atoms with van der Waals surface area (Å²) in [5, 5.41) is 3.43. The number of hydrogen-bond acceptors (Lipinski definition) is 2. The van der Waals surface area contributed by atoms with Crippen LogP contribution in [-0.2, 0) is 22.6 Å². The van der Waals surface area contributed by atoms with Crippen molar-refractivity contribution in [1.29, 1.82) is 0 Å². The van der Waals surface area contributed by atoms with Crippen LogP contribution in [0.15, 0.2) is 48.5 Å². The van der Waals surface area contributed by atoms with E-state index in [1.54, 1.807) is 35.2 Å². The number of nitrogens with zero attached hydrogens (tertiary/aromatic N) is 1. The highest BCUT2D eigenvalue weighted by Gasteiger charge is 2.28. The van der Waals surface area contributed by atoms with Crippen LogP contribution in [0.4, 0.5) is 4.39 Å². The predicted octanol–water partition coefficient (Wildman–Crippen LogP) is 4.36. The van der Waals surface area contributed by atoms with Crippen LogP contribution < -0.4 is 5.32 Å². The van der Waals surface area contributed by atoms with Crippen LogP contribution >= 0.6 is 11.6 Å². The topological polar surface area (TPSA) is 49.4 Å². The Bertz CT molecular complexity index is 795. The summed E-state index contributed by atoms with van der Waals surface area (Å²) < 4.78 is 13.2. The van der Waals surface area contributed by atoms with Crippen molar-refractivity contribution < 1.29 is 14.0 Å². The lowest BCUT2D eigenvalue weighted by atomic mass is 10.1. The standard InChI is InChI=1S/C22H26ClFN2O2/c1-3-12-25-22(28)20(4-2)26(15-16-8-10-19(24)11-9-16)21(27)14-17-6-5-7-18(23)13-17/h5-11,13,20H,3-4,12,14-15H2,1-2H3,(H,25,28). The van der Waals surface area contributed by atoms with Crippen LogP contribution in [0.25, 0.3) is 0 Å². The molecule has 2 amide bonds. The van der Waals surface area contributed by atoms with Gasteiger partial charge in [0.15, 0.2) is 0 Å². The summed E-state index contributed by atoms with van der Waals surface area (Å²) in [4.78, 5) is 27.3. The number of benzene rings is 2. The SMILES string of the molecule is CCCNC(=O)C(CC)N(Cc1ccc(F)cc1)C(=O)Cc1cccc(Cl)c1. The van der Waals surface area contributed by atoms with Gasteiger partial charge < -0.3 is 10.2 Å². The van der Waals surface area contributed by atoms with Gasteiger partial charge in [0.1, 0.15) is 11.9 Å².